The van der Waals surface area contributed by atoms with Crippen LogP contribution in [0.3, 0.4) is 0 Å². The molecule has 0 bridgehead atoms. The molecule has 0 saturated carbocycles. The maximum Gasteiger partial charge on any atom is 0.163 e. The molecular formula is C14H20N4. The lowest BCUT2D eigenvalue weighted by atomic mass is 9.96. The first-order valence-electron chi connectivity index (χ1n) is 6.66. The van der Waals surface area contributed by atoms with Crippen molar-refractivity contribution < 1.29 is 0 Å². The molecule has 18 heavy (non-hydrogen) atoms. The summed E-state index contributed by atoms with van der Waals surface area (Å²) in [6.07, 6.45) is 4.06. The fraction of sp³-hybridized carbons (Fsp3) is 0.571. The standard InChI is InChI=1S/C14H20N4/c1-2-16-11-12-5-8-18(9-6-12)14-4-3-7-17-13(14)10-15/h3-4,7,12,16H,2,5-6,8-9,11H2,1H3. The number of hydrogen-bond acceptors (Lipinski definition) is 4. The second kappa shape index (κ2) is 6.36. The van der Waals surface area contributed by atoms with Crippen LogP contribution in [-0.4, -0.2) is 31.2 Å². The lowest BCUT2D eigenvalue weighted by Gasteiger charge is -2.33. The molecule has 2 rings (SSSR count). The SMILES string of the molecule is CCNCC1CCN(c2cccnc2C#N)CC1. The highest BCUT2D eigenvalue weighted by atomic mass is 15.1. The van der Waals surface area contributed by atoms with E-state index in [2.05, 4.69) is 28.2 Å². The summed E-state index contributed by atoms with van der Waals surface area (Å²) in [5.41, 5.74) is 1.53. The van der Waals surface area contributed by atoms with Crippen LogP contribution in [0.4, 0.5) is 5.69 Å². The summed E-state index contributed by atoms with van der Waals surface area (Å²) in [5, 5.41) is 12.5. The Labute approximate surface area is 109 Å². The van der Waals surface area contributed by atoms with Crippen LogP contribution in [0.1, 0.15) is 25.5 Å². The van der Waals surface area contributed by atoms with Gasteiger partial charge in [-0.2, -0.15) is 5.26 Å². The zero-order valence-electron chi connectivity index (χ0n) is 10.9. The normalized spacial score (nSPS) is 16.6. The lowest BCUT2D eigenvalue weighted by Crippen LogP contribution is -2.37. The van der Waals surface area contributed by atoms with Gasteiger partial charge in [-0.05, 0) is 44.0 Å². The van der Waals surface area contributed by atoms with Crippen molar-refractivity contribution in [3.8, 4) is 6.07 Å². The van der Waals surface area contributed by atoms with E-state index in [0.29, 0.717) is 5.69 Å². The Morgan fingerprint density at radius 3 is 2.94 bits per heavy atom. The minimum absolute atomic E-state index is 0.544. The third-order valence-corrected chi connectivity index (χ3v) is 3.53. The number of hydrogen-bond donors (Lipinski definition) is 1. The van der Waals surface area contributed by atoms with Gasteiger partial charge in [-0.15, -0.1) is 0 Å². The Kier molecular flexibility index (Phi) is 4.54. The molecule has 2 heterocycles. The molecule has 0 amide bonds. The third-order valence-electron chi connectivity index (χ3n) is 3.53. The van der Waals surface area contributed by atoms with Crippen molar-refractivity contribution >= 4 is 5.69 Å². The van der Waals surface area contributed by atoms with Crippen LogP contribution in [0, 0.1) is 17.2 Å². The van der Waals surface area contributed by atoms with Gasteiger partial charge in [-0.25, -0.2) is 4.98 Å². The number of nitrogens with one attached hydrogen (secondary N) is 1. The number of nitrogens with zero attached hydrogens (tertiary/aromatic N) is 3. The summed E-state index contributed by atoms with van der Waals surface area (Å²) in [4.78, 5) is 6.41. The van der Waals surface area contributed by atoms with Crippen molar-refractivity contribution in [2.75, 3.05) is 31.1 Å². The summed E-state index contributed by atoms with van der Waals surface area (Å²) in [6, 6.07) is 6.07. The van der Waals surface area contributed by atoms with Crippen molar-refractivity contribution in [2.24, 2.45) is 5.92 Å². The highest BCUT2D eigenvalue weighted by Gasteiger charge is 2.20. The van der Waals surface area contributed by atoms with E-state index in [1.54, 1.807) is 6.20 Å². The van der Waals surface area contributed by atoms with E-state index in [0.717, 1.165) is 37.8 Å². The number of nitriles is 1. The molecule has 4 heteroatoms. The summed E-state index contributed by atoms with van der Waals surface area (Å²) >= 11 is 0. The quantitative estimate of drug-likeness (QED) is 0.877. The van der Waals surface area contributed by atoms with E-state index in [4.69, 9.17) is 5.26 Å². The molecule has 0 atom stereocenters. The predicted octanol–water partition coefficient (Wildman–Crippen LogP) is 1.78. The second-order valence-electron chi connectivity index (χ2n) is 4.72. The van der Waals surface area contributed by atoms with Crippen molar-refractivity contribution in [3.05, 3.63) is 24.0 Å². The van der Waals surface area contributed by atoms with Crippen LogP contribution in [-0.2, 0) is 0 Å². The molecule has 1 aromatic heterocycles. The average Bonchev–Trinajstić information content (AvgIpc) is 2.45. The highest BCUT2D eigenvalue weighted by molar-refractivity contribution is 5.55. The summed E-state index contributed by atoms with van der Waals surface area (Å²) in [5.74, 6) is 0.767. The molecule has 1 aliphatic heterocycles. The highest BCUT2D eigenvalue weighted by Crippen LogP contribution is 2.24. The molecule has 0 spiro atoms. The lowest BCUT2D eigenvalue weighted by molar-refractivity contribution is 0.386. The number of aromatic nitrogens is 1. The molecular weight excluding hydrogens is 224 g/mol. The number of rotatable bonds is 4. The fourth-order valence-electron chi connectivity index (χ4n) is 2.46. The van der Waals surface area contributed by atoms with Crippen molar-refractivity contribution in [2.45, 2.75) is 19.8 Å². The van der Waals surface area contributed by atoms with Gasteiger partial charge in [0.15, 0.2) is 5.69 Å². The van der Waals surface area contributed by atoms with Crippen LogP contribution in [0.15, 0.2) is 18.3 Å². The van der Waals surface area contributed by atoms with E-state index < -0.39 is 0 Å². The molecule has 1 N–H and O–H groups in total. The van der Waals surface area contributed by atoms with E-state index in [9.17, 15) is 0 Å². The van der Waals surface area contributed by atoms with Crippen LogP contribution in [0.25, 0.3) is 0 Å². The van der Waals surface area contributed by atoms with Gasteiger partial charge in [0.2, 0.25) is 0 Å². The van der Waals surface area contributed by atoms with Gasteiger partial charge in [0.25, 0.3) is 0 Å². The first kappa shape index (κ1) is 12.8. The summed E-state index contributed by atoms with van der Waals surface area (Å²) in [6.45, 7) is 6.35. The van der Waals surface area contributed by atoms with E-state index in [1.807, 2.05) is 12.1 Å². The maximum absolute atomic E-state index is 9.07. The Balaban J connectivity index is 1.95. The molecule has 0 radical (unpaired) electrons. The second-order valence-corrected chi connectivity index (χ2v) is 4.72. The van der Waals surface area contributed by atoms with Gasteiger partial charge >= 0.3 is 0 Å². The minimum atomic E-state index is 0.544. The van der Waals surface area contributed by atoms with E-state index in [1.165, 1.54) is 12.8 Å². The summed E-state index contributed by atoms with van der Waals surface area (Å²) in [7, 11) is 0. The van der Waals surface area contributed by atoms with Crippen LogP contribution >= 0.6 is 0 Å². The third kappa shape index (κ3) is 2.99. The van der Waals surface area contributed by atoms with E-state index >= 15 is 0 Å². The molecule has 0 aromatic carbocycles. The Morgan fingerprint density at radius 1 is 1.50 bits per heavy atom. The van der Waals surface area contributed by atoms with Crippen LogP contribution < -0.4 is 10.2 Å². The molecule has 96 valence electrons. The summed E-state index contributed by atoms with van der Waals surface area (Å²) < 4.78 is 0. The Morgan fingerprint density at radius 2 is 2.28 bits per heavy atom. The molecule has 0 aliphatic carbocycles. The minimum Gasteiger partial charge on any atom is -0.369 e. The molecule has 1 aliphatic rings. The van der Waals surface area contributed by atoms with Gasteiger partial charge in [0.05, 0.1) is 5.69 Å². The topological polar surface area (TPSA) is 52.0 Å². The molecule has 4 nitrogen and oxygen atoms in total. The molecule has 1 saturated heterocycles. The van der Waals surface area contributed by atoms with Crippen LogP contribution in [0.5, 0.6) is 0 Å². The zero-order chi connectivity index (χ0) is 12.8. The number of pyridine rings is 1. The first-order chi connectivity index (χ1) is 8.85. The Hall–Kier alpha value is -1.60. The maximum atomic E-state index is 9.07. The number of anilines is 1. The van der Waals surface area contributed by atoms with E-state index in [-0.39, 0.29) is 0 Å². The molecule has 0 unspecified atom stereocenters. The molecule has 1 fully saturated rings. The monoisotopic (exact) mass is 244 g/mol. The fourth-order valence-corrected chi connectivity index (χ4v) is 2.46. The van der Waals surface area contributed by atoms with Crippen molar-refractivity contribution in [1.29, 1.82) is 5.26 Å². The number of piperidine rings is 1. The van der Waals surface area contributed by atoms with Gasteiger partial charge in [0, 0.05) is 19.3 Å². The smallest absolute Gasteiger partial charge is 0.163 e. The first-order valence-corrected chi connectivity index (χ1v) is 6.66. The van der Waals surface area contributed by atoms with Gasteiger partial charge in [0.1, 0.15) is 6.07 Å². The van der Waals surface area contributed by atoms with Gasteiger partial charge < -0.3 is 10.2 Å². The Bertz CT molecular complexity index is 416. The predicted molar refractivity (Wildman–Crippen MR) is 72.4 cm³/mol. The van der Waals surface area contributed by atoms with Crippen molar-refractivity contribution in [3.63, 3.8) is 0 Å². The average molecular weight is 244 g/mol. The van der Waals surface area contributed by atoms with Gasteiger partial charge in [-0.3, -0.25) is 0 Å². The zero-order valence-corrected chi connectivity index (χ0v) is 10.9. The van der Waals surface area contributed by atoms with Crippen molar-refractivity contribution in [1.82, 2.24) is 10.3 Å². The van der Waals surface area contributed by atoms with Crippen LogP contribution in [0.2, 0.25) is 0 Å². The largest absolute Gasteiger partial charge is 0.369 e. The molecule has 1 aromatic rings. The van der Waals surface area contributed by atoms with Gasteiger partial charge in [-0.1, -0.05) is 6.92 Å².